The lowest BCUT2D eigenvalue weighted by atomic mass is 10.2. The normalized spacial score (nSPS) is 17.4. The van der Waals surface area contributed by atoms with Crippen molar-refractivity contribution in [2.24, 2.45) is 4.99 Å². The highest BCUT2D eigenvalue weighted by Crippen LogP contribution is 2.14. The first-order valence-electron chi connectivity index (χ1n) is 10.7. The molecule has 3 rings (SSSR count). The van der Waals surface area contributed by atoms with Crippen molar-refractivity contribution in [2.45, 2.75) is 26.3 Å². The van der Waals surface area contributed by atoms with E-state index < -0.39 is 0 Å². The summed E-state index contributed by atoms with van der Waals surface area (Å²) >= 11 is 0. The molecule has 8 nitrogen and oxygen atoms in total. The molecule has 0 spiro atoms. The average molecular weight is 530 g/mol. The second-order valence-corrected chi connectivity index (χ2v) is 7.40. The number of carbonyl (C=O) groups excluding carboxylic acids is 1. The highest BCUT2D eigenvalue weighted by atomic mass is 127. The molecule has 1 aromatic rings. The van der Waals surface area contributed by atoms with Gasteiger partial charge in [0.2, 0.25) is 0 Å². The molecule has 0 saturated carbocycles. The van der Waals surface area contributed by atoms with Crippen LogP contribution in [0.5, 0.6) is 0 Å². The van der Waals surface area contributed by atoms with E-state index in [-0.39, 0.29) is 30.0 Å². The summed E-state index contributed by atoms with van der Waals surface area (Å²) in [6, 6.07) is 7.90. The maximum Gasteiger partial charge on any atom is 0.321 e. The van der Waals surface area contributed by atoms with Crippen LogP contribution >= 0.6 is 24.0 Å². The lowest BCUT2D eigenvalue weighted by Gasteiger charge is -2.26. The number of ether oxygens (including phenoxy) is 1. The van der Waals surface area contributed by atoms with E-state index in [1.165, 1.54) is 0 Å². The number of likely N-dealkylation sites (tertiary alicyclic amines) is 1. The van der Waals surface area contributed by atoms with Crippen LogP contribution in [0.1, 0.15) is 25.3 Å². The molecule has 2 aliphatic heterocycles. The van der Waals surface area contributed by atoms with Gasteiger partial charge < -0.3 is 25.6 Å². The Hall–Kier alpha value is -1.59. The van der Waals surface area contributed by atoms with Gasteiger partial charge in [0.05, 0.1) is 19.8 Å². The largest absolute Gasteiger partial charge is 0.379 e. The van der Waals surface area contributed by atoms with Gasteiger partial charge in [0, 0.05) is 51.5 Å². The minimum atomic E-state index is -0.0127. The van der Waals surface area contributed by atoms with Crippen LogP contribution in [-0.4, -0.2) is 80.8 Å². The summed E-state index contributed by atoms with van der Waals surface area (Å²) in [5.41, 5.74) is 1.88. The number of amides is 2. The summed E-state index contributed by atoms with van der Waals surface area (Å²) in [6.07, 6.45) is 2.18. The molecule has 2 saturated heterocycles. The van der Waals surface area contributed by atoms with Gasteiger partial charge in [0.25, 0.3) is 0 Å². The van der Waals surface area contributed by atoms with Crippen LogP contribution in [-0.2, 0) is 11.3 Å². The maximum absolute atomic E-state index is 12.3. The second kappa shape index (κ2) is 13.7. The molecule has 0 aromatic heterocycles. The number of guanidine groups is 1. The van der Waals surface area contributed by atoms with Crippen molar-refractivity contribution in [2.75, 3.05) is 64.3 Å². The molecule has 0 atom stereocenters. The third-order valence-corrected chi connectivity index (χ3v) is 5.16. The fourth-order valence-electron chi connectivity index (χ4n) is 3.54. The Morgan fingerprint density at radius 3 is 2.63 bits per heavy atom. The first kappa shape index (κ1) is 24.7. The highest BCUT2D eigenvalue weighted by Gasteiger charge is 2.17. The summed E-state index contributed by atoms with van der Waals surface area (Å²) in [4.78, 5) is 21.2. The number of morpholine rings is 1. The Balaban J connectivity index is 0.00000320. The molecule has 3 N–H and O–H groups in total. The molecule has 2 aliphatic rings. The minimum absolute atomic E-state index is 0. The van der Waals surface area contributed by atoms with Crippen molar-refractivity contribution in [3.63, 3.8) is 0 Å². The van der Waals surface area contributed by atoms with Crippen molar-refractivity contribution in [3.8, 4) is 0 Å². The molecule has 0 bridgehead atoms. The number of nitrogens with zero attached hydrogens (tertiary/aromatic N) is 3. The van der Waals surface area contributed by atoms with Crippen LogP contribution in [0, 0.1) is 0 Å². The molecule has 30 heavy (non-hydrogen) atoms. The number of urea groups is 1. The van der Waals surface area contributed by atoms with Gasteiger partial charge >= 0.3 is 6.03 Å². The van der Waals surface area contributed by atoms with Gasteiger partial charge in [-0.15, -0.1) is 24.0 Å². The Bertz CT molecular complexity index is 675. The highest BCUT2D eigenvalue weighted by molar-refractivity contribution is 14.0. The van der Waals surface area contributed by atoms with Crippen LogP contribution in [0.25, 0.3) is 0 Å². The van der Waals surface area contributed by atoms with Gasteiger partial charge in [-0.05, 0) is 37.5 Å². The number of carbonyl (C=O) groups is 1. The third kappa shape index (κ3) is 8.27. The van der Waals surface area contributed by atoms with E-state index in [2.05, 4.69) is 27.8 Å². The maximum atomic E-state index is 12.3. The van der Waals surface area contributed by atoms with Gasteiger partial charge in [0.15, 0.2) is 5.96 Å². The Morgan fingerprint density at radius 1 is 1.13 bits per heavy atom. The van der Waals surface area contributed by atoms with Gasteiger partial charge in [0.1, 0.15) is 0 Å². The fraction of sp³-hybridized carbons (Fsp3) is 0.619. The molecule has 2 fully saturated rings. The van der Waals surface area contributed by atoms with E-state index in [1.807, 2.05) is 29.2 Å². The molecular formula is C21H35IN6O2. The summed E-state index contributed by atoms with van der Waals surface area (Å²) < 4.78 is 5.39. The second-order valence-electron chi connectivity index (χ2n) is 7.40. The number of rotatable bonds is 7. The van der Waals surface area contributed by atoms with Gasteiger partial charge in [-0.2, -0.15) is 0 Å². The van der Waals surface area contributed by atoms with E-state index in [0.29, 0.717) is 6.54 Å². The lowest BCUT2D eigenvalue weighted by Crippen LogP contribution is -2.44. The summed E-state index contributed by atoms with van der Waals surface area (Å²) in [5, 5.41) is 9.70. The predicted octanol–water partition coefficient (Wildman–Crippen LogP) is 2.32. The van der Waals surface area contributed by atoms with Crippen molar-refractivity contribution < 1.29 is 9.53 Å². The van der Waals surface area contributed by atoms with E-state index in [0.717, 1.165) is 89.1 Å². The van der Waals surface area contributed by atoms with E-state index >= 15 is 0 Å². The van der Waals surface area contributed by atoms with Crippen LogP contribution in [0.4, 0.5) is 10.5 Å². The fourth-order valence-corrected chi connectivity index (χ4v) is 3.54. The molecule has 1 aromatic carbocycles. The number of halogens is 1. The van der Waals surface area contributed by atoms with Crippen molar-refractivity contribution in [3.05, 3.63) is 29.8 Å². The van der Waals surface area contributed by atoms with E-state index in [1.54, 1.807) is 0 Å². The number of benzene rings is 1. The number of anilines is 1. The number of hydrogen-bond donors (Lipinski definition) is 3. The molecule has 2 amide bonds. The van der Waals surface area contributed by atoms with Crippen molar-refractivity contribution in [1.29, 1.82) is 0 Å². The zero-order chi connectivity index (χ0) is 20.3. The Labute approximate surface area is 196 Å². The number of nitrogens with one attached hydrogen (secondary N) is 3. The SMILES string of the molecule is CCNC(=NCc1cccc(NC(=O)N2CCCC2)c1)NCCN1CCOCC1.I. The van der Waals surface area contributed by atoms with E-state index in [4.69, 9.17) is 9.73 Å². The van der Waals surface area contributed by atoms with Crippen molar-refractivity contribution in [1.82, 2.24) is 20.4 Å². The Morgan fingerprint density at radius 2 is 1.90 bits per heavy atom. The summed E-state index contributed by atoms with van der Waals surface area (Å²) in [7, 11) is 0. The van der Waals surface area contributed by atoms with Gasteiger partial charge in [-0.3, -0.25) is 4.90 Å². The average Bonchev–Trinajstić information content (AvgIpc) is 3.28. The monoisotopic (exact) mass is 530 g/mol. The van der Waals surface area contributed by atoms with Gasteiger partial charge in [-0.25, -0.2) is 9.79 Å². The lowest BCUT2D eigenvalue weighted by molar-refractivity contribution is 0.0389. The minimum Gasteiger partial charge on any atom is -0.379 e. The van der Waals surface area contributed by atoms with Gasteiger partial charge in [-0.1, -0.05) is 12.1 Å². The quantitative estimate of drug-likeness (QED) is 0.287. The topological polar surface area (TPSA) is 81.2 Å². The third-order valence-electron chi connectivity index (χ3n) is 5.16. The molecule has 0 aliphatic carbocycles. The predicted molar refractivity (Wildman–Crippen MR) is 132 cm³/mol. The molecule has 9 heteroatoms. The van der Waals surface area contributed by atoms with E-state index in [9.17, 15) is 4.79 Å². The first-order valence-corrected chi connectivity index (χ1v) is 10.7. The smallest absolute Gasteiger partial charge is 0.321 e. The number of aliphatic imine (C=N–C) groups is 1. The number of hydrogen-bond acceptors (Lipinski definition) is 4. The molecule has 0 unspecified atom stereocenters. The van der Waals surface area contributed by atoms with Crippen molar-refractivity contribution >= 4 is 41.7 Å². The Kier molecular flexibility index (Phi) is 11.2. The molecule has 2 heterocycles. The zero-order valence-corrected chi connectivity index (χ0v) is 20.2. The van der Waals surface area contributed by atoms with Crippen LogP contribution < -0.4 is 16.0 Å². The molecule has 168 valence electrons. The van der Waals surface area contributed by atoms with Crippen LogP contribution in [0.15, 0.2) is 29.3 Å². The molecule has 0 radical (unpaired) electrons. The standard InChI is InChI=1S/C21H34N6O2.HI/c1-2-22-20(23-8-11-26-12-14-29-15-13-26)24-17-18-6-5-7-19(16-18)25-21(28)27-9-3-4-10-27;/h5-7,16H,2-4,8-15,17H2,1H3,(H,25,28)(H2,22,23,24);1H. The van der Waals surface area contributed by atoms with Crippen LogP contribution in [0.2, 0.25) is 0 Å². The summed E-state index contributed by atoms with van der Waals surface area (Å²) in [6.45, 7) is 10.6. The zero-order valence-electron chi connectivity index (χ0n) is 17.9. The van der Waals surface area contributed by atoms with Crippen LogP contribution in [0.3, 0.4) is 0 Å². The summed E-state index contributed by atoms with van der Waals surface area (Å²) in [5.74, 6) is 0.812. The molecular weight excluding hydrogens is 495 g/mol. The first-order chi connectivity index (χ1) is 14.2.